The molecule has 5 nitrogen and oxygen atoms in total. The molecule has 1 heterocycles. The average Bonchev–Trinajstić information content (AvgIpc) is 2.57. The summed E-state index contributed by atoms with van der Waals surface area (Å²) in [5.74, 6) is -1.16. The summed E-state index contributed by atoms with van der Waals surface area (Å²) < 4.78 is 27.4. The van der Waals surface area contributed by atoms with Crippen LogP contribution in [0.5, 0.6) is 0 Å². The van der Waals surface area contributed by atoms with Crippen molar-refractivity contribution in [2.45, 2.75) is 0 Å². The van der Waals surface area contributed by atoms with Gasteiger partial charge < -0.3 is 16.4 Å². The zero-order valence-electron chi connectivity index (χ0n) is 12.2. The van der Waals surface area contributed by atoms with Crippen LogP contribution in [0, 0.1) is 15.2 Å². The van der Waals surface area contributed by atoms with Crippen LogP contribution in [-0.2, 0) is 0 Å². The number of rotatable bonds is 4. The van der Waals surface area contributed by atoms with Gasteiger partial charge in [-0.25, -0.2) is 18.7 Å². The number of nitrogen functional groups attached to an aromatic ring is 1. The van der Waals surface area contributed by atoms with E-state index < -0.39 is 11.6 Å². The standard InChI is InChI=1S/C16H12F2IN5/c17-12-6-5-11(7-13(12)18)24-16-14(20)15(21-8-22-16)23-10-3-1-9(19)2-4-10/h1-8H,20H2,(H2,21,22,23,24). The van der Waals surface area contributed by atoms with Gasteiger partial charge in [0.2, 0.25) is 0 Å². The summed E-state index contributed by atoms with van der Waals surface area (Å²) >= 11 is 2.21. The minimum absolute atomic E-state index is 0.265. The predicted octanol–water partition coefficient (Wildman–Crippen LogP) is 4.43. The van der Waals surface area contributed by atoms with Crippen molar-refractivity contribution in [2.75, 3.05) is 16.4 Å². The smallest absolute Gasteiger partial charge is 0.160 e. The van der Waals surface area contributed by atoms with Crippen LogP contribution in [-0.4, -0.2) is 9.97 Å². The Labute approximate surface area is 150 Å². The Morgan fingerprint density at radius 2 is 1.42 bits per heavy atom. The molecule has 0 saturated heterocycles. The summed E-state index contributed by atoms with van der Waals surface area (Å²) in [5, 5.41) is 5.94. The van der Waals surface area contributed by atoms with Gasteiger partial charge in [0, 0.05) is 21.0 Å². The number of hydrogen-bond acceptors (Lipinski definition) is 5. The first-order valence-electron chi connectivity index (χ1n) is 6.88. The summed E-state index contributed by atoms with van der Waals surface area (Å²) in [4.78, 5) is 8.14. The van der Waals surface area contributed by atoms with Crippen LogP contribution in [0.3, 0.4) is 0 Å². The van der Waals surface area contributed by atoms with E-state index in [1.54, 1.807) is 0 Å². The third-order valence-electron chi connectivity index (χ3n) is 3.17. The summed E-state index contributed by atoms with van der Waals surface area (Å²) in [6.07, 6.45) is 1.33. The van der Waals surface area contributed by atoms with E-state index in [2.05, 4.69) is 43.2 Å². The highest BCUT2D eigenvalue weighted by atomic mass is 127. The largest absolute Gasteiger partial charge is 0.393 e. The van der Waals surface area contributed by atoms with Crippen molar-refractivity contribution in [1.82, 2.24) is 9.97 Å². The van der Waals surface area contributed by atoms with Crippen LogP contribution in [0.15, 0.2) is 48.8 Å². The molecule has 0 spiro atoms. The molecule has 3 aromatic rings. The van der Waals surface area contributed by atoms with Crippen molar-refractivity contribution in [3.63, 3.8) is 0 Å². The lowest BCUT2D eigenvalue weighted by Crippen LogP contribution is -2.05. The molecule has 0 bridgehead atoms. The third-order valence-corrected chi connectivity index (χ3v) is 3.89. The molecule has 8 heteroatoms. The molecule has 2 aromatic carbocycles. The Morgan fingerprint density at radius 1 is 0.833 bits per heavy atom. The van der Waals surface area contributed by atoms with E-state index >= 15 is 0 Å². The van der Waals surface area contributed by atoms with E-state index in [0.29, 0.717) is 17.3 Å². The van der Waals surface area contributed by atoms with Gasteiger partial charge in [-0.15, -0.1) is 0 Å². The van der Waals surface area contributed by atoms with Crippen LogP contribution in [0.1, 0.15) is 0 Å². The van der Waals surface area contributed by atoms with Gasteiger partial charge in [-0.1, -0.05) is 0 Å². The molecule has 0 atom stereocenters. The molecule has 0 amide bonds. The van der Waals surface area contributed by atoms with E-state index in [1.165, 1.54) is 12.4 Å². The molecule has 0 aliphatic rings. The Kier molecular flexibility index (Phi) is 4.74. The maximum atomic E-state index is 13.3. The van der Waals surface area contributed by atoms with Gasteiger partial charge in [0.1, 0.15) is 12.0 Å². The van der Waals surface area contributed by atoms with Crippen LogP contribution in [0.2, 0.25) is 0 Å². The minimum atomic E-state index is -0.954. The van der Waals surface area contributed by atoms with E-state index in [-0.39, 0.29) is 5.69 Å². The molecule has 4 N–H and O–H groups in total. The van der Waals surface area contributed by atoms with E-state index in [0.717, 1.165) is 21.4 Å². The minimum Gasteiger partial charge on any atom is -0.393 e. The SMILES string of the molecule is Nc1c(Nc2ccc(I)cc2)ncnc1Nc1ccc(F)c(F)c1. The van der Waals surface area contributed by atoms with Gasteiger partial charge in [-0.05, 0) is 59.0 Å². The zero-order chi connectivity index (χ0) is 17.1. The second kappa shape index (κ2) is 6.95. The molecule has 122 valence electrons. The lowest BCUT2D eigenvalue weighted by Gasteiger charge is -2.12. The van der Waals surface area contributed by atoms with Gasteiger partial charge >= 0.3 is 0 Å². The third kappa shape index (κ3) is 3.70. The maximum Gasteiger partial charge on any atom is 0.160 e. The van der Waals surface area contributed by atoms with Crippen molar-refractivity contribution in [1.29, 1.82) is 0 Å². The molecule has 1 aromatic heterocycles. The lowest BCUT2D eigenvalue weighted by atomic mass is 10.3. The van der Waals surface area contributed by atoms with Crippen molar-refractivity contribution < 1.29 is 8.78 Å². The second-order valence-electron chi connectivity index (χ2n) is 4.87. The highest BCUT2D eigenvalue weighted by molar-refractivity contribution is 14.1. The molecule has 0 aliphatic heterocycles. The Balaban J connectivity index is 1.84. The highest BCUT2D eigenvalue weighted by Gasteiger charge is 2.10. The number of benzene rings is 2. The maximum absolute atomic E-state index is 13.3. The van der Waals surface area contributed by atoms with Crippen LogP contribution >= 0.6 is 22.6 Å². The second-order valence-corrected chi connectivity index (χ2v) is 6.12. The fourth-order valence-electron chi connectivity index (χ4n) is 1.98. The van der Waals surface area contributed by atoms with Crippen LogP contribution in [0.25, 0.3) is 0 Å². The van der Waals surface area contributed by atoms with E-state index in [9.17, 15) is 8.78 Å². The number of anilines is 5. The molecule has 24 heavy (non-hydrogen) atoms. The molecular weight excluding hydrogens is 427 g/mol. The van der Waals surface area contributed by atoms with Gasteiger partial charge in [0.05, 0.1) is 0 Å². The number of halogens is 3. The monoisotopic (exact) mass is 439 g/mol. The first kappa shape index (κ1) is 16.4. The molecule has 0 radical (unpaired) electrons. The molecule has 0 fully saturated rings. The van der Waals surface area contributed by atoms with Crippen molar-refractivity contribution in [3.05, 3.63) is 64.0 Å². The van der Waals surface area contributed by atoms with Crippen molar-refractivity contribution in [2.24, 2.45) is 0 Å². The van der Waals surface area contributed by atoms with Crippen LogP contribution < -0.4 is 16.4 Å². The van der Waals surface area contributed by atoms with E-state index in [4.69, 9.17) is 5.73 Å². The number of nitrogens with one attached hydrogen (secondary N) is 2. The quantitative estimate of drug-likeness (QED) is 0.525. The first-order valence-corrected chi connectivity index (χ1v) is 7.96. The fraction of sp³-hybridized carbons (Fsp3) is 0. The van der Waals surface area contributed by atoms with Gasteiger partial charge in [-0.2, -0.15) is 0 Å². The molecule has 0 aliphatic carbocycles. The number of nitrogens with zero attached hydrogens (tertiary/aromatic N) is 2. The Bertz CT molecular complexity index is 871. The zero-order valence-corrected chi connectivity index (χ0v) is 14.4. The number of hydrogen-bond donors (Lipinski definition) is 3. The summed E-state index contributed by atoms with van der Waals surface area (Å²) in [6.45, 7) is 0. The summed E-state index contributed by atoms with van der Waals surface area (Å²) in [5.41, 5.74) is 7.47. The highest BCUT2D eigenvalue weighted by Crippen LogP contribution is 2.28. The Morgan fingerprint density at radius 3 is 2.04 bits per heavy atom. The normalized spacial score (nSPS) is 10.5. The lowest BCUT2D eigenvalue weighted by molar-refractivity contribution is 0.509. The van der Waals surface area contributed by atoms with Gasteiger partial charge in [0.15, 0.2) is 23.3 Å². The van der Waals surface area contributed by atoms with Gasteiger partial charge in [0.25, 0.3) is 0 Å². The van der Waals surface area contributed by atoms with Gasteiger partial charge in [-0.3, -0.25) is 0 Å². The topological polar surface area (TPSA) is 75.9 Å². The molecule has 0 unspecified atom stereocenters. The number of nitrogens with two attached hydrogens (primary N) is 1. The average molecular weight is 439 g/mol. The number of aromatic nitrogens is 2. The van der Waals surface area contributed by atoms with Crippen molar-refractivity contribution in [3.8, 4) is 0 Å². The van der Waals surface area contributed by atoms with E-state index in [1.807, 2.05) is 24.3 Å². The fourth-order valence-corrected chi connectivity index (χ4v) is 2.33. The molecule has 0 saturated carbocycles. The summed E-state index contributed by atoms with van der Waals surface area (Å²) in [6, 6.07) is 11.1. The summed E-state index contributed by atoms with van der Waals surface area (Å²) in [7, 11) is 0. The first-order chi connectivity index (χ1) is 11.5. The van der Waals surface area contributed by atoms with Crippen LogP contribution in [0.4, 0.5) is 37.5 Å². The Hall–Kier alpha value is -2.49. The van der Waals surface area contributed by atoms with Crippen molar-refractivity contribution >= 4 is 51.3 Å². The molecule has 3 rings (SSSR count). The molecular formula is C16H12F2IN5. The predicted molar refractivity (Wildman–Crippen MR) is 98.5 cm³/mol.